The Morgan fingerprint density at radius 2 is 2.38 bits per heavy atom. The molecule has 4 heteroatoms. The molecule has 1 aromatic heterocycles. The number of aliphatic hydroxyl groups is 1. The highest BCUT2D eigenvalue weighted by molar-refractivity contribution is 5.88. The van der Waals surface area contributed by atoms with E-state index in [2.05, 4.69) is 0 Å². The Hall–Kier alpha value is -1.29. The van der Waals surface area contributed by atoms with Gasteiger partial charge in [-0.3, -0.25) is 0 Å². The van der Waals surface area contributed by atoms with Crippen LogP contribution in [0.5, 0.6) is 0 Å². The van der Waals surface area contributed by atoms with Gasteiger partial charge in [0.05, 0.1) is 12.4 Å². The number of rotatable bonds is 4. The molecule has 0 aliphatic heterocycles. The number of carboxylic acids is 1. The summed E-state index contributed by atoms with van der Waals surface area (Å²) < 4.78 is 4.96. The maximum atomic E-state index is 10.6. The van der Waals surface area contributed by atoms with Crippen molar-refractivity contribution < 1.29 is 19.4 Å². The predicted molar refractivity (Wildman–Crippen MR) is 45.7 cm³/mol. The third kappa shape index (κ3) is 2.32. The molecule has 0 aromatic carbocycles. The van der Waals surface area contributed by atoms with E-state index in [1.807, 2.05) is 6.92 Å². The number of aliphatic hydroxyl groups excluding tert-OH is 1. The Bertz CT molecular complexity index is 290. The van der Waals surface area contributed by atoms with Crippen LogP contribution in [0.15, 0.2) is 16.7 Å². The van der Waals surface area contributed by atoms with E-state index >= 15 is 0 Å². The smallest absolute Gasteiger partial charge is 0.339 e. The molecule has 0 spiro atoms. The quantitative estimate of drug-likeness (QED) is 0.739. The molecule has 0 saturated heterocycles. The molecule has 13 heavy (non-hydrogen) atoms. The molecule has 1 rings (SSSR count). The average molecular weight is 184 g/mol. The van der Waals surface area contributed by atoms with E-state index in [9.17, 15) is 9.90 Å². The summed E-state index contributed by atoms with van der Waals surface area (Å²) in [6.07, 6.45) is 1.62. The maximum Gasteiger partial charge on any atom is 0.339 e. The monoisotopic (exact) mass is 184 g/mol. The number of furan rings is 1. The summed E-state index contributed by atoms with van der Waals surface area (Å²) in [7, 11) is 0. The van der Waals surface area contributed by atoms with Gasteiger partial charge in [0, 0.05) is 6.42 Å². The molecule has 1 heterocycles. The first kappa shape index (κ1) is 9.80. The second-order valence-electron chi connectivity index (χ2n) is 2.83. The molecular formula is C9H12O4. The minimum absolute atomic E-state index is 0.132. The lowest BCUT2D eigenvalue weighted by Crippen LogP contribution is -2.10. The number of hydrogen-bond acceptors (Lipinski definition) is 3. The third-order valence-electron chi connectivity index (χ3n) is 1.87. The van der Waals surface area contributed by atoms with Crippen LogP contribution in [-0.4, -0.2) is 22.3 Å². The van der Waals surface area contributed by atoms with Crippen LogP contribution in [0.3, 0.4) is 0 Å². The largest absolute Gasteiger partial charge is 0.478 e. The van der Waals surface area contributed by atoms with E-state index in [0.717, 1.165) is 0 Å². The average Bonchev–Trinajstić information content (AvgIpc) is 2.52. The van der Waals surface area contributed by atoms with Gasteiger partial charge in [-0.1, -0.05) is 6.92 Å². The molecule has 72 valence electrons. The molecule has 0 radical (unpaired) electrons. The topological polar surface area (TPSA) is 70.7 Å². The van der Waals surface area contributed by atoms with E-state index in [1.54, 1.807) is 0 Å². The molecule has 1 unspecified atom stereocenters. The molecule has 0 aliphatic rings. The first-order chi connectivity index (χ1) is 6.15. The minimum atomic E-state index is -1.02. The van der Waals surface area contributed by atoms with Crippen LogP contribution in [0.1, 0.15) is 29.5 Å². The van der Waals surface area contributed by atoms with Crippen molar-refractivity contribution in [1.82, 2.24) is 0 Å². The summed E-state index contributed by atoms with van der Waals surface area (Å²) in [6.45, 7) is 1.83. The lowest BCUT2D eigenvalue weighted by Gasteiger charge is -2.04. The summed E-state index contributed by atoms with van der Waals surface area (Å²) in [5, 5.41) is 18.0. The van der Waals surface area contributed by atoms with Gasteiger partial charge in [-0.25, -0.2) is 4.79 Å². The van der Waals surface area contributed by atoms with Crippen LogP contribution in [0.2, 0.25) is 0 Å². The van der Waals surface area contributed by atoms with Crippen molar-refractivity contribution in [3.05, 3.63) is 23.7 Å². The zero-order valence-corrected chi connectivity index (χ0v) is 7.36. The van der Waals surface area contributed by atoms with Crippen LogP contribution in [-0.2, 0) is 6.42 Å². The van der Waals surface area contributed by atoms with Gasteiger partial charge in [-0.05, 0) is 12.5 Å². The van der Waals surface area contributed by atoms with Gasteiger partial charge < -0.3 is 14.6 Å². The van der Waals surface area contributed by atoms with E-state index in [0.29, 0.717) is 12.2 Å². The summed E-state index contributed by atoms with van der Waals surface area (Å²) in [5.41, 5.74) is 0.132. The van der Waals surface area contributed by atoms with E-state index < -0.39 is 12.1 Å². The van der Waals surface area contributed by atoms with Crippen molar-refractivity contribution >= 4 is 5.97 Å². The van der Waals surface area contributed by atoms with Crippen molar-refractivity contribution in [2.75, 3.05) is 0 Å². The van der Waals surface area contributed by atoms with Crippen molar-refractivity contribution in [2.24, 2.45) is 0 Å². The van der Waals surface area contributed by atoms with Crippen molar-refractivity contribution in [3.8, 4) is 0 Å². The minimum Gasteiger partial charge on any atom is -0.478 e. The first-order valence-corrected chi connectivity index (χ1v) is 4.12. The van der Waals surface area contributed by atoms with Gasteiger partial charge in [0.25, 0.3) is 0 Å². The second-order valence-corrected chi connectivity index (χ2v) is 2.83. The fraction of sp³-hybridized carbons (Fsp3) is 0.444. The molecule has 1 aromatic rings. The second kappa shape index (κ2) is 4.09. The third-order valence-corrected chi connectivity index (χ3v) is 1.87. The van der Waals surface area contributed by atoms with Crippen LogP contribution in [0.4, 0.5) is 0 Å². The number of carbonyl (C=O) groups is 1. The van der Waals surface area contributed by atoms with Crippen molar-refractivity contribution in [2.45, 2.75) is 25.9 Å². The SMILES string of the molecule is CCC(O)Cc1occc1C(=O)O. The Labute approximate surface area is 75.8 Å². The Morgan fingerprint density at radius 1 is 1.69 bits per heavy atom. The van der Waals surface area contributed by atoms with Crippen LogP contribution < -0.4 is 0 Å². The lowest BCUT2D eigenvalue weighted by molar-refractivity contribution is 0.0693. The summed E-state index contributed by atoms with van der Waals surface area (Å²) >= 11 is 0. The highest BCUT2D eigenvalue weighted by Gasteiger charge is 2.15. The van der Waals surface area contributed by atoms with Crippen LogP contribution >= 0.6 is 0 Å². The molecule has 1 atom stereocenters. The molecule has 4 nitrogen and oxygen atoms in total. The van der Waals surface area contributed by atoms with E-state index in [4.69, 9.17) is 9.52 Å². The van der Waals surface area contributed by atoms with E-state index in [1.165, 1.54) is 12.3 Å². The molecule has 0 amide bonds. The van der Waals surface area contributed by atoms with Crippen molar-refractivity contribution in [1.29, 1.82) is 0 Å². The predicted octanol–water partition coefficient (Wildman–Crippen LogP) is 1.29. The molecular weight excluding hydrogens is 172 g/mol. The highest BCUT2D eigenvalue weighted by atomic mass is 16.4. The fourth-order valence-corrected chi connectivity index (χ4v) is 1.05. The van der Waals surface area contributed by atoms with E-state index in [-0.39, 0.29) is 12.0 Å². The zero-order chi connectivity index (χ0) is 9.84. The van der Waals surface area contributed by atoms with Gasteiger partial charge >= 0.3 is 5.97 Å². The van der Waals surface area contributed by atoms with Gasteiger partial charge in [0.15, 0.2) is 0 Å². The zero-order valence-electron chi connectivity index (χ0n) is 7.36. The highest BCUT2D eigenvalue weighted by Crippen LogP contribution is 2.13. The van der Waals surface area contributed by atoms with Gasteiger partial charge in [-0.2, -0.15) is 0 Å². The van der Waals surface area contributed by atoms with Crippen molar-refractivity contribution in [3.63, 3.8) is 0 Å². The van der Waals surface area contributed by atoms with Crippen LogP contribution in [0, 0.1) is 0 Å². The Kier molecular flexibility index (Phi) is 3.08. The summed E-state index contributed by atoms with van der Waals surface area (Å²) in [4.78, 5) is 10.6. The van der Waals surface area contributed by atoms with Gasteiger partial charge in [0.1, 0.15) is 11.3 Å². The van der Waals surface area contributed by atoms with Gasteiger partial charge in [0.2, 0.25) is 0 Å². The molecule has 0 fully saturated rings. The number of carboxylic acid groups (broad SMARTS) is 1. The lowest BCUT2D eigenvalue weighted by atomic mass is 10.1. The molecule has 0 bridgehead atoms. The Balaban J connectivity index is 2.76. The standard InChI is InChI=1S/C9H12O4/c1-2-6(10)5-8-7(9(11)12)3-4-13-8/h3-4,6,10H,2,5H2,1H3,(H,11,12). The number of aromatic carboxylic acids is 1. The molecule has 0 saturated carbocycles. The maximum absolute atomic E-state index is 10.6. The number of hydrogen-bond donors (Lipinski definition) is 2. The molecule has 2 N–H and O–H groups in total. The summed E-state index contributed by atoms with van der Waals surface area (Å²) in [5.74, 6) is -0.686. The summed E-state index contributed by atoms with van der Waals surface area (Å²) in [6, 6.07) is 1.39. The van der Waals surface area contributed by atoms with Gasteiger partial charge in [-0.15, -0.1) is 0 Å². The normalized spacial score (nSPS) is 12.8. The van der Waals surface area contributed by atoms with Crippen LogP contribution in [0.25, 0.3) is 0 Å². The first-order valence-electron chi connectivity index (χ1n) is 4.12. The Morgan fingerprint density at radius 3 is 2.92 bits per heavy atom. The fourth-order valence-electron chi connectivity index (χ4n) is 1.05. The molecule has 0 aliphatic carbocycles.